The number of amides is 1. The predicted molar refractivity (Wildman–Crippen MR) is 58.0 cm³/mol. The van der Waals surface area contributed by atoms with Gasteiger partial charge in [-0.25, -0.2) is 5.10 Å². The van der Waals surface area contributed by atoms with Gasteiger partial charge in [0.25, 0.3) is 5.56 Å². The summed E-state index contributed by atoms with van der Waals surface area (Å²) in [5.74, 6) is -0.103. The molecule has 1 amide bonds. The van der Waals surface area contributed by atoms with Gasteiger partial charge in [0.2, 0.25) is 5.91 Å². The van der Waals surface area contributed by atoms with Crippen molar-refractivity contribution in [3.05, 3.63) is 22.5 Å². The third-order valence-electron chi connectivity index (χ3n) is 1.90. The first-order chi connectivity index (χ1) is 7.63. The van der Waals surface area contributed by atoms with Crippen molar-refractivity contribution >= 4 is 11.7 Å². The molecule has 0 aromatic carbocycles. The van der Waals surface area contributed by atoms with E-state index in [-0.39, 0.29) is 17.3 Å². The van der Waals surface area contributed by atoms with Crippen LogP contribution in [-0.4, -0.2) is 35.9 Å². The number of hydrogen-bond donors (Lipinski definition) is 3. The highest BCUT2D eigenvalue weighted by atomic mass is 16.5. The first-order valence-electron chi connectivity index (χ1n) is 4.74. The maximum absolute atomic E-state index is 11.5. The molecule has 7 nitrogen and oxygen atoms in total. The van der Waals surface area contributed by atoms with Crippen LogP contribution in [0.5, 0.6) is 0 Å². The molecule has 1 aromatic rings. The molecule has 0 bridgehead atoms. The van der Waals surface area contributed by atoms with Crippen LogP contribution in [0.3, 0.4) is 0 Å². The van der Waals surface area contributed by atoms with Crippen LogP contribution >= 0.6 is 0 Å². The summed E-state index contributed by atoms with van der Waals surface area (Å²) in [6.45, 7) is 0.410. The summed E-state index contributed by atoms with van der Waals surface area (Å²) in [4.78, 5) is 22.2. The molecule has 0 radical (unpaired) electrons. The number of rotatable bonds is 5. The first kappa shape index (κ1) is 12.3. The van der Waals surface area contributed by atoms with Crippen LogP contribution in [0.25, 0.3) is 0 Å². The molecule has 1 aromatic heterocycles. The average molecular weight is 226 g/mol. The van der Waals surface area contributed by atoms with Gasteiger partial charge in [0.1, 0.15) is 0 Å². The summed E-state index contributed by atoms with van der Waals surface area (Å²) in [6, 6.07) is 2.01. The van der Waals surface area contributed by atoms with Gasteiger partial charge in [-0.1, -0.05) is 0 Å². The summed E-state index contributed by atoms with van der Waals surface area (Å²) in [6.07, 6.45) is 0.422. The zero-order chi connectivity index (χ0) is 12.0. The van der Waals surface area contributed by atoms with Gasteiger partial charge in [0, 0.05) is 19.8 Å². The minimum atomic E-state index is -0.659. The van der Waals surface area contributed by atoms with Crippen LogP contribution in [0, 0.1) is 0 Å². The standard InChI is InChI=1S/C9H14N4O3/c1-16-5-4-6(10)9(15)11-7-2-3-8(14)13-12-7/h2-3,6H,4-5,10H2,1H3,(H,13,14)(H,11,12,15). The molecule has 4 N–H and O–H groups in total. The lowest BCUT2D eigenvalue weighted by atomic mass is 10.2. The van der Waals surface area contributed by atoms with Gasteiger partial charge >= 0.3 is 0 Å². The topological polar surface area (TPSA) is 110 Å². The number of carbonyl (C=O) groups is 1. The molecule has 16 heavy (non-hydrogen) atoms. The second kappa shape index (κ2) is 5.99. The Labute approximate surface area is 92.0 Å². The smallest absolute Gasteiger partial charge is 0.264 e. The lowest BCUT2D eigenvalue weighted by Gasteiger charge is -2.10. The highest BCUT2D eigenvalue weighted by molar-refractivity contribution is 5.93. The summed E-state index contributed by atoms with van der Waals surface area (Å²) in [7, 11) is 1.54. The monoisotopic (exact) mass is 226 g/mol. The van der Waals surface area contributed by atoms with E-state index >= 15 is 0 Å². The quantitative estimate of drug-likeness (QED) is 0.601. The zero-order valence-electron chi connectivity index (χ0n) is 8.90. The van der Waals surface area contributed by atoms with Crippen LogP contribution in [0.2, 0.25) is 0 Å². The first-order valence-corrected chi connectivity index (χ1v) is 4.74. The molecule has 0 aliphatic rings. The molecule has 1 heterocycles. The maximum Gasteiger partial charge on any atom is 0.264 e. The van der Waals surface area contributed by atoms with Gasteiger partial charge < -0.3 is 15.8 Å². The number of aromatic nitrogens is 2. The maximum atomic E-state index is 11.5. The third-order valence-corrected chi connectivity index (χ3v) is 1.90. The Hall–Kier alpha value is -1.73. The number of nitrogens with one attached hydrogen (secondary N) is 2. The minimum absolute atomic E-state index is 0.262. The average Bonchev–Trinajstić information content (AvgIpc) is 2.29. The van der Waals surface area contributed by atoms with Crippen LogP contribution in [-0.2, 0) is 9.53 Å². The van der Waals surface area contributed by atoms with E-state index < -0.39 is 6.04 Å². The van der Waals surface area contributed by atoms with Crippen LogP contribution in [0.4, 0.5) is 5.82 Å². The van der Waals surface area contributed by atoms with E-state index in [2.05, 4.69) is 15.5 Å². The van der Waals surface area contributed by atoms with Gasteiger partial charge in [0.05, 0.1) is 6.04 Å². The Morgan fingerprint density at radius 1 is 1.69 bits per heavy atom. The number of nitrogens with zero attached hydrogens (tertiary/aromatic N) is 1. The molecule has 0 saturated carbocycles. The van der Waals surface area contributed by atoms with Crippen molar-refractivity contribution in [3.63, 3.8) is 0 Å². The summed E-state index contributed by atoms with van der Waals surface area (Å²) < 4.78 is 4.81. The largest absolute Gasteiger partial charge is 0.385 e. The molecule has 1 rings (SSSR count). The lowest BCUT2D eigenvalue weighted by Crippen LogP contribution is -2.36. The second-order valence-corrected chi connectivity index (χ2v) is 3.18. The lowest BCUT2D eigenvalue weighted by molar-refractivity contribution is -0.117. The molecule has 1 atom stereocenters. The Morgan fingerprint density at radius 2 is 2.44 bits per heavy atom. The van der Waals surface area contributed by atoms with Crippen LogP contribution in [0.15, 0.2) is 16.9 Å². The van der Waals surface area contributed by atoms with E-state index in [0.29, 0.717) is 13.0 Å². The number of ether oxygens (including phenoxy) is 1. The Bertz CT molecular complexity index is 383. The van der Waals surface area contributed by atoms with Gasteiger partial charge in [-0.3, -0.25) is 9.59 Å². The van der Waals surface area contributed by atoms with Gasteiger partial charge in [-0.05, 0) is 12.5 Å². The minimum Gasteiger partial charge on any atom is -0.385 e. The molecule has 0 fully saturated rings. The van der Waals surface area contributed by atoms with Crippen molar-refractivity contribution in [1.82, 2.24) is 10.2 Å². The molecular weight excluding hydrogens is 212 g/mol. The van der Waals surface area contributed by atoms with Crippen LogP contribution in [0.1, 0.15) is 6.42 Å². The molecule has 7 heteroatoms. The number of nitrogens with two attached hydrogens (primary N) is 1. The van der Waals surface area contributed by atoms with E-state index in [1.807, 2.05) is 0 Å². The Balaban J connectivity index is 2.50. The van der Waals surface area contributed by atoms with Crippen molar-refractivity contribution in [2.45, 2.75) is 12.5 Å². The van der Waals surface area contributed by atoms with E-state index in [4.69, 9.17) is 10.5 Å². The van der Waals surface area contributed by atoms with Crippen molar-refractivity contribution in [3.8, 4) is 0 Å². The number of H-pyrrole nitrogens is 1. The summed E-state index contributed by atoms with van der Waals surface area (Å²) in [5, 5.41) is 8.30. The summed E-state index contributed by atoms with van der Waals surface area (Å²) in [5.41, 5.74) is 5.26. The van der Waals surface area contributed by atoms with E-state index in [1.54, 1.807) is 0 Å². The number of anilines is 1. The molecule has 0 aliphatic heterocycles. The van der Waals surface area contributed by atoms with Gasteiger partial charge in [-0.15, -0.1) is 0 Å². The summed E-state index contributed by atoms with van der Waals surface area (Å²) >= 11 is 0. The highest BCUT2D eigenvalue weighted by Gasteiger charge is 2.13. The fourth-order valence-electron chi connectivity index (χ4n) is 1.01. The van der Waals surface area contributed by atoms with E-state index in [0.717, 1.165) is 0 Å². The number of methoxy groups -OCH3 is 1. The fourth-order valence-corrected chi connectivity index (χ4v) is 1.01. The van der Waals surface area contributed by atoms with Crippen molar-refractivity contribution < 1.29 is 9.53 Å². The molecular formula is C9H14N4O3. The number of carbonyl (C=O) groups excluding carboxylic acids is 1. The predicted octanol–water partition coefficient (Wildman–Crippen LogP) is -0.928. The molecule has 0 saturated heterocycles. The third kappa shape index (κ3) is 3.79. The van der Waals surface area contributed by atoms with Gasteiger partial charge in [0.15, 0.2) is 5.82 Å². The fraction of sp³-hybridized carbons (Fsp3) is 0.444. The number of hydrogen-bond acceptors (Lipinski definition) is 5. The Morgan fingerprint density at radius 3 is 3.00 bits per heavy atom. The molecule has 1 unspecified atom stereocenters. The highest BCUT2D eigenvalue weighted by Crippen LogP contribution is 1.98. The van der Waals surface area contributed by atoms with E-state index in [9.17, 15) is 9.59 Å². The molecule has 0 spiro atoms. The van der Waals surface area contributed by atoms with Gasteiger partial charge in [-0.2, -0.15) is 5.10 Å². The van der Waals surface area contributed by atoms with E-state index in [1.165, 1.54) is 19.2 Å². The Kier molecular flexibility index (Phi) is 4.62. The molecule has 0 aliphatic carbocycles. The van der Waals surface area contributed by atoms with Crippen LogP contribution < -0.4 is 16.6 Å². The number of aromatic amines is 1. The normalized spacial score (nSPS) is 12.1. The van der Waals surface area contributed by atoms with Crippen molar-refractivity contribution in [2.75, 3.05) is 19.0 Å². The SMILES string of the molecule is COCCC(N)C(=O)Nc1ccc(=O)[nH]n1. The second-order valence-electron chi connectivity index (χ2n) is 3.18. The van der Waals surface area contributed by atoms with Crippen molar-refractivity contribution in [2.24, 2.45) is 5.73 Å². The molecule has 88 valence electrons. The zero-order valence-corrected chi connectivity index (χ0v) is 8.90. The van der Waals surface area contributed by atoms with Crippen molar-refractivity contribution in [1.29, 1.82) is 0 Å².